The number of nitrogens with zero attached hydrogens (tertiary/aromatic N) is 2. The van der Waals surface area contributed by atoms with Gasteiger partial charge in [0.05, 0.1) is 17.3 Å². The van der Waals surface area contributed by atoms with Crippen LogP contribution in [-0.4, -0.2) is 4.98 Å². The fourth-order valence-electron chi connectivity index (χ4n) is 2.01. The molecule has 0 bridgehead atoms. The van der Waals surface area contributed by atoms with Gasteiger partial charge in [-0.05, 0) is 41.1 Å². The third kappa shape index (κ3) is 1.72. The second-order valence-electron chi connectivity index (χ2n) is 4.21. The second kappa shape index (κ2) is 3.93. The number of thiophene rings is 1. The molecule has 3 heteroatoms. The number of rotatable bonds is 1. The van der Waals surface area contributed by atoms with Gasteiger partial charge in [0.2, 0.25) is 5.69 Å². The molecule has 2 heterocycles. The minimum absolute atomic E-state index is 1.08. The summed E-state index contributed by atoms with van der Waals surface area (Å²) in [5.74, 6) is 0. The first kappa shape index (κ1) is 10.4. The van der Waals surface area contributed by atoms with Gasteiger partial charge in [-0.3, -0.25) is 0 Å². The molecule has 17 heavy (non-hydrogen) atoms. The zero-order valence-corrected chi connectivity index (χ0v) is 10.7. The van der Waals surface area contributed by atoms with Gasteiger partial charge in [0, 0.05) is 0 Å². The summed E-state index contributed by atoms with van der Waals surface area (Å²) in [6, 6.07) is 10.6. The maximum absolute atomic E-state index is 4.56. The van der Waals surface area contributed by atoms with E-state index in [4.69, 9.17) is 0 Å². The molecule has 0 N–H and O–H groups in total. The van der Waals surface area contributed by atoms with Crippen LogP contribution in [0.5, 0.6) is 0 Å². The summed E-state index contributed by atoms with van der Waals surface area (Å²) in [7, 11) is 2.03. The van der Waals surface area contributed by atoms with Gasteiger partial charge in [-0.15, -0.1) is 11.3 Å². The van der Waals surface area contributed by atoms with E-state index in [0.717, 1.165) is 5.69 Å². The van der Waals surface area contributed by atoms with Gasteiger partial charge in [-0.2, -0.15) is 0 Å². The van der Waals surface area contributed by atoms with Crippen LogP contribution < -0.4 is 4.57 Å². The molecule has 3 aromatic rings. The highest BCUT2D eigenvalue weighted by molar-refractivity contribution is 7.13. The number of para-hydroxylation sites is 1. The van der Waals surface area contributed by atoms with Gasteiger partial charge in [-0.25, -0.2) is 4.57 Å². The monoisotopic (exact) mass is 241 g/mol. The van der Waals surface area contributed by atoms with E-state index in [2.05, 4.69) is 52.2 Å². The molecule has 0 amide bonds. The molecule has 0 unspecified atom stereocenters. The molecular weight excluding hydrogens is 228 g/mol. The van der Waals surface area contributed by atoms with Crippen molar-refractivity contribution in [1.82, 2.24) is 4.98 Å². The van der Waals surface area contributed by atoms with E-state index in [9.17, 15) is 0 Å². The van der Waals surface area contributed by atoms with Gasteiger partial charge in [-0.1, -0.05) is 12.1 Å². The quantitative estimate of drug-likeness (QED) is 0.598. The average Bonchev–Trinajstić information content (AvgIpc) is 2.77. The molecule has 2 aromatic heterocycles. The summed E-state index contributed by atoms with van der Waals surface area (Å²) < 4.78 is 2.05. The Kier molecular flexibility index (Phi) is 2.41. The number of hydrogen-bond donors (Lipinski definition) is 0. The van der Waals surface area contributed by atoms with Crippen molar-refractivity contribution in [1.29, 1.82) is 0 Å². The predicted octanol–water partition coefficient (Wildman–Crippen LogP) is 3.10. The molecule has 0 spiro atoms. The number of benzene rings is 1. The molecule has 3 rings (SSSR count). The second-order valence-corrected chi connectivity index (χ2v) is 5.12. The lowest BCUT2D eigenvalue weighted by atomic mass is 10.1. The third-order valence-electron chi connectivity index (χ3n) is 2.86. The minimum atomic E-state index is 1.08. The Morgan fingerprint density at radius 3 is 2.82 bits per heavy atom. The van der Waals surface area contributed by atoms with Crippen LogP contribution in [0.3, 0.4) is 0 Å². The molecule has 0 radical (unpaired) electrons. The van der Waals surface area contributed by atoms with Crippen molar-refractivity contribution in [3.63, 3.8) is 0 Å². The predicted molar refractivity (Wildman–Crippen MR) is 71.0 cm³/mol. The zero-order chi connectivity index (χ0) is 11.8. The Balaban J connectivity index is 2.34. The van der Waals surface area contributed by atoms with Crippen molar-refractivity contribution in [2.24, 2.45) is 7.05 Å². The van der Waals surface area contributed by atoms with Gasteiger partial charge in [0.1, 0.15) is 5.52 Å². The molecule has 0 aliphatic carbocycles. The topological polar surface area (TPSA) is 16.8 Å². The first-order chi connectivity index (χ1) is 8.25. The lowest BCUT2D eigenvalue weighted by Crippen LogP contribution is -2.29. The van der Waals surface area contributed by atoms with Gasteiger partial charge in [0.15, 0.2) is 0 Å². The summed E-state index contributed by atoms with van der Waals surface area (Å²) in [4.78, 5) is 5.80. The van der Waals surface area contributed by atoms with Crippen LogP contribution in [0.1, 0.15) is 5.56 Å². The van der Waals surface area contributed by atoms with Crippen LogP contribution in [0.2, 0.25) is 0 Å². The van der Waals surface area contributed by atoms with Crippen molar-refractivity contribution >= 4 is 22.2 Å². The molecule has 2 nitrogen and oxygen atoms in total. The number of aromatic nitrogens is 2. The Bertz CT molecular complexity index is 686. The smallest absolute Gasteiger partial charge is 0.232 e. The van der Waals surface area contributed by atoms with E-state index in [1.54, 1.807) is 11.3 Å². The zero-order valence-electron chi connectivity index (χ0n) is 9.84. The lowest BCUT2D eigenvalue weighted by Gasteiger charge is -2.00. The third-order valence-corrected chi connectivity index (χ3v) is 3.92. The van der Waals surface area contributed by atoms with Crippen molar-refractivity contribution in [2.45, 2.75) is 6.92 Å². The largest absolute Gasteiger partial charge is 0.287 e. The Morgan fingerprint density at radius 2 is 2.06 bits per heavy atom. The Hall–Kier alpha value is -1.74. The van der Waals surface area contributed by atoms with E-state index in [0.29, 0.717) is 0 Å². The molecule has 1 aromatic carbocycles. The highest BCUT2D eigenvalue weighted by Crippen LogP contribution is 2.29. The van der Waals surface area contributed by atoms with E-state index in [-0.39, 0.29) is 0 Å². The molecular formula is C14H13N2S+. The number of hydrogen-bond acceptors (Lipinski definition) is 2. The highest BCUT2D eigenvalue weighted by atomic mass is 32.1. The standard InChI is InChI=1S/C14H13N2S/c1-10-7-13(17-8-10)14-11-5-3-4-6-12(11)16(2)9-15-14/h3-9H,1-2H3/q+1. The fourth-order valence-corrected chi connectivity index (χ4v) is 2.92. The fraction of sp³-hybridized carbons (Fsp3) is 0.143. The normalized spacial score (nSPS) is 10.9. The van der Waals surface area contributed by atoms with Crippen molar-refractivity contribution < 1.29 is 4.57 Å². The van der Waals surface area contributed by atoms with E-state index >= 15 is 0 Å². The van der Waals surface area contributed by atoms with E-state index in [1.165, 1.54) is 21.3 Å². The summed E-state index contributed by atoms with van der Waals surface area (Å²) in [5.41, 5.74) is 3.59. The Morgan fingerprint density at radius 1 is 1.24 bits per heavy atom. The van der Waals surface area contributed by atoms with Crippen LogP contribution >= 0.6 is 11.3 Å². The van der Waals surface area contributed by atoms with Crippen molar-refractivity contribution in [3.05, 3.63) is 47.6 Å². The molecule has 0 saturated heterocycles. The SMILES string of the molecule is Cc1csc(-c2nc[n+](C)c3ccccc23)c1. The van der Waals surface area contributed by atoms with Crippen LogP contribution in [-0.2, 0) is 7.05 Å². The maximum atomic E-state index is 4.56. The molecule has 0 atom stereocenters. The lowest BCUT2D eigenvalue weighted by molar-refractivity contribution is -0.647. The van der Waals surface area contributed by atoms with Crippen LogP contribution in [0, 0.1) is 6.92 Å². The molecule has 0 aliphatic rings. The van der Waals surface area contributed by atoms with E-state index in [1.807, 2.05) is 13.4 Å². The molecule has 0 saturated carbocycles. The summed E-state index contributed by atoms with van der Waals surface area (Å²) in [5, 5.41) is 3.37. The summed E-state index contributed by atoms with van der Waals surface area (Å²) in [6.45, 7) is 2.12. The average molecular weight is 241 g/mol. The number of aryl methyl sites for hydroxylation is 2. The summed E-state index contributed by atoms with van der Waals surface area (Å²) >= 11 is 1.75. The van der Waals surface area contributed by atoms with Crippen molar-refractivity contribution in [3.8, 4) is 10.6 Å². The Labute approximate surface area is 104 Å². The van der Waals surface area contributed by atoms with Crippen molar-refractivity contribution in [2.75, 3.05) is 0 Å². The van der Waals surface area contributed by atoms with Crippen LogP contribution in [0.15, 0.2) is 42.0 Å². The maximum Gasteiger partial charge on any atom is 0.287 e. The van der Waals surface area contributed by atoms with Crippen LogP contribution in [0.4, 0.5) is 0 Å². The van der Waals surface area contributed by atoms with Gasteiger partial charge in [0.25, 0.3) is 6.33 Å². The first-order valence-electron chi connectivity index (χ1n) is 5.54. The van der Waals surface area contributed by atoms with Crippen LogP contribution in [0.25, 0.3) is 21.5 Å². The van der Waals surface area contributed by atoms with Gasteiger partial charge >= 0.3 is 0 Å². The molecule has 84 valence electrons. The first-order valence-corrected chi connectivity index (χ1v) is 6.42. The number of fused-ring (bicyclic) bond motifs is 1. The van der Waals surface area contributed by atoms with Gasteiger partial charge < -0.3 is 0 Å². The summed E-state index contributed by atoms with van der Waals surface area (Å²) in [6.07, 6.45) is 1.88. The van der Waals surface area contributed by atoms with E-state index < -0.39 is 0 Å². The molecule has 0 fully saturated rings. The highest BCUT2D eigenvalue weighted by Gasteiger charge is 2.14. The minimum Gasteiger partial charge on any atom is -0.232 e. The molecule has 0 aliphatic heterocycles.